The van der Waals surface area contributed by atoms with E-state index in [0.29, 0.717) is 0 Å². The molecule has 25 heavy (non-hydrogen) atoms. The molecule has 0 radical (unpaired) electrons. The van der Waals surface area contributed by atoms with Gasteiger partial charge in [0.05, 0.1) is 17.4 Å². The number of fused-ring (bicyclic) bond motifs is 2. The fraction of sp³-hybridized carbons (Fsp3) is 0. The Morgan fingerprint density at radius 3 is 1.88 bits per heavy atom. The van der Waals surface area contributed by atoms with Gasteiger partial charge in [-0.3, -0.25) is 0 Å². The molecule has 2 heterocycles. The van der Waals surface area contributed by atoms with Gasteiger partial charge in [0.15, 0.2) is 0 Å². The van der Waals surface area contributed by atoms with E-state index < -0.39 is 0 Å². The van der Waals surface area contributed by atoms with Gasteiger partial charge in [-0.2, -0.15) is 5.10 Å². The van der Waals surface area contributed by atoms with Crippen LogP contribution in [-0.4, -0.2) is 9.61 Å². The zero-order valence-electron chi connectivity index (χ0n) is 13.6. The highest BCUT2D eigenvalue weighted by Crippen LogP contribution is 2.38. The van der Waals surface area contributed by atoms with Gasteiger partial charge >= 0.3 is 0 Å². The Bertz CT molecular complexity index is 1080. The van der Waals surface area contributed by atoms with Crippen LogP contribution >= 0.6 is 0 Å². The summed E-state index contributed by atoms with van der Waals surface area (Å²) in [4.78, 5) is 0. The van der Waals surface area contributed by atoms with E-state index in [0.717, 1.165) is 11.2 Å². The molecule has 0 unspecified atom stereocenters. The quantitative estimate of drug-likeness (QED) is 0.400. The van der Waals surface area contributed by atoms with Gasteiger partial charge in [-0.05, 0) is 17.0 Å². The molecular weight excluding hydrogens is 304 g/mol. The van der Waals surface area contributed by atoms with Crippen molar-refractivity contribution in [1.29, 1.82) is 0 Å². The van der Waals surface area contributed by atoms with Crippen molar-refractivity contribution in [2.45, 2.75) is 0 Å². The zero-order chi connectivity index (χ0) is 16.6. The predicted octanol–water partition coefficient (Wildman–Crippen LogP) is 5.82. The molecule has 0 aliphatic heterocycles. The van der Waals surface area contributed by atoms with Crippen molar-refractivity contribution in [2.75, 3.05) is 0 Å². The maximum absolute atomic E-state index is 4.65. The summed E-state index contributed by atoms with van der Waals surface area (Å²) in [5.74, 6) is 0. The number of hydrogen-bond acceptors (Lipinski definition) is 1. The molecule has 0 N–H and O–H groups in total. The standard InChI is InChI=1S/C23H16N2/c1-3-9-17(10-4-1)22-19-13-7-8-14-20(19)23(18-11-5-2-6-12-18)25-21(22)15-16-24-25/h1-16H. The van der Waals surface area contributed by atoms with Gasteiger partial charge in [-0.15, -0.1) is 0 Å². The smallest absolute Gasteiger partial charge is 0.0803 e. The van der Waals surface area contributed by atoms with E-state index in [2.05, 4.69) is 94.5 Å². The van der Waals surface area contributed by atoms with E-state index in [4.69, 9.17) is 0 Å². The minimum Gasteiger partial charge on any atom is -0.232 e. The molecule has 0 saturated heterocycles. The first-order valence-corrected chi connectivity index (χ1v) is 8.43. The van der Waals surface area contributed by atoms with Gasteiger partial charge in [0.2, 0.25) is 0 Å². The average Bonchev–Trinajstić information content (AvgIpc) is 3.16. The van der Waals surface area contributed by atoms with E-state index in [1.807, 2.05) is 12.3 Å². The molecular formula is C23H16N2. The van der Waals surface area contributed by atoms with E-state index >= 15 is 0 Å². The zero-order valence-corrected chi connectivity index (χ0v) is 13.6. The first-order chi connectivity index (χ1) is 12.4. The van der Waals surface area contributed by atoms with Crippen LogP contribution in [0.4, 0.5) is 0 Å². The molecule has 2 heteroatoms. The maximum atomic E-state index is 4.65. The van der Waals surface area contributed by atoms with Crippen molar-refractivity contribution in [1.82, 2.24) is 9.61 Å². The molecule has 5 aromatic rings. The van der Waals surface area contributed by atoms with Crippen LogP contribution in [0.1, 0.15) is 0 Å². The summed E-state index contributed by atoms with van der Waals surface area (Å²) in [6, 6.07) is 31.7. The van der Waals surface area contributed by atoms with Crippen molar-refractivity contribution in [3.63, 3.8) is 0 Å². The summed E-state index contributed by atoms with van der Waals surface area (Å²) < 4.78 is 2.07. The number of hydrogen-bond donors (Lipinski definition) is 0. The Labute approximate surface area is 146 Å². The van der Waals surface area contributed by atoms with E-state index in [9.17, 15) is 0 Å². The highest BCUT2D eigenvalue weighted by atomic mass is 15.2. The second-order valence-electron chi connectivity index (χ2n) is 6.13. The highest BCUT2D eigenvalue weighted by Gasteiger charge is 2.16. The minimum absolute atomic E-state index is 1.13. The minimum atomic E-state index is 1.13. The van der Waals surface area contributed by atoms with Crippen molar-refractivity contribution in [2.24, 2.45) is 0 Å². The Morgan fingerprint density at radius 1 is 0.560 bits per heavy atom. The van der Waals surface area contributed by atoms with Gasteiger partial charge in [-0.25, -0.2) is 4.52 Å². The second-order valence-corrected chi connectivity index (χ2v) is 6.13. The Kier molecular flexibility index (Phi) is 3.14. The van der Waals surface area contributed by atoms with Crippen molar-refractivity contribution >= 4 is 16.3 Å². The second kappa shape index (κ2) is 5.60. The molecule has 3 aromatic carbocycles. The fourth-order valence-corrected chi connectivity index (χ4v) is 3.61. The van der Waals surface area contributed by atoms with E-state index in [-0.39, 0.29) is 0 Å². The summed E-state index contributed by atoms with van der Waals surface area (Å²) in [5, 5.41) is 7.11. The number of aromatic nitrogens is 2. The molecule has 118 valence electrons. The fourth-order valence-electron chi connectivity index (χ4n) is 3.61. The highest BCUT2D eigenvalue weighted by molar-refractivity contribution is 6.09. The molecule has 0 fully saturated rings. The first kappa shape index (κ1) is 14.0. The summed E-state index contributed by atoms with van der Waals surface area (Å²) in [6.45, 7) is 0. The molecule has 0 saturated carbocycles. The van der Waals surface area contributed by atoms with Crippen LogP contribution in [0.2, 0.25) is 0 Å². The lowest BCUT2D eigenvalue weighted by molar-refractivity contribution is 0.978. The van der Waals surface area contributed by atoms with Gasteiger partial charge < -0.3 is 0 Å². The van der Waals surface area contributed by atoms with Crippen LogP contribution in [0.15, 0.2) is 97.2 Å². The van der Waals surface area contributed by atoms with Crippen LogP contribution in [-0.2, 0) is 0 Å². The molecule has 5 rings (SSSR count). The lowest BCUT2D eigenvalue weighted by Crippen LogP contribution is -1.98. The number of rotatable bonds is 2. The Morgan fingerprint density at radius 2 is 1.16 bits per heavy atom. The van der Waals surface area contributed by atoms with Crippen LogP contribution in [0.25, 0.3) is 38.7 Å². The topological polar surface area (TPSA) is 17.3 Å². The SMILES string of the molecule is c1ccc(-c2c3ccccc3c(-c3ccccc3)n3nccc23)cc1. The van der Waals surface area contributed by atoms with Crippen LogP contribution < -0.4 is 0 Å². The number of nitrogens with zero attached hydrogens (tertiary/aromatic N) is 2. The van der Waals surface area contributed by atoms with E-state index in [1.54, 1.807) is 0 Å². The van der Waals surface area contributed by atoms with Crippen molar-refractivity contribution in [3.8, 4) is 22.4 Å². The Hall–Kier alpha value is -3.39. The molecule has 0 bridgehead atoms. The van der Waals surface area contributed by atoms with Gasteiger partial charge in [0, 0.05) is 16.5 Å². The predicted molar refractivity (Wildman–Crippen MR) is 104 cm³/mol. The molecule has 2 aromatic heterocycles. The normalized spacial score (nSPS) is 11.2. The molecule has 2 nitrogen and oxygen atoms in total. The maximum Gasteiger partial charge on any atom is 0.0803 e. The third kappa shape index (κ3) is 2.15. The van der Waals surface area contributed by atoms with Gasteiger partial charge in [0.25, 0.3) is 0 Å². The lowest BCUT2D eigenvalue weighted by Gasteiger charge is -2.15. The first-order valence-electron chi connectivity index (χ1n) is 8.43. The summed E-state index contributed by atoms with van der Waals surface area (Å²) in [6.07, 6.45) is 1.88. The lowest BCUT2D eigenvalue weighted by atomic mass is 9.95. The molecule has 0 aliphatic carbocycles. The third-order valence-corrected chi connectivity index (χ3v) is 4.67. The molecule has 0 amide bonds. The van der Waals surface area contributed by atoms with Crippen molar-refractivity contribution < 1.29 is 0 Å². The molecule has 0 spiro atoms. The van der Waals surface area contributed by atoms with Crippen LogP contribution in [0.3, 0.4) is 0 Å². The summed E-state index contributed by atoms with van der Waals surface area (Å²) in [5.41, 5.74) is 5.88. The largest absolute Gasteiger partial charge is 0.232 e. The summed E-state index contributed by atoms with van der Waals surface area (Å²) >= 11 is 0. The number of pyridine rings is 1. The van der Waals surface area contributed by atoms with Crippen molar-refractivity contribution in [3.05, 3.63) is 97.2 Å². The van der Waals surface area contributed by atoms with Crippen LogP contribution in [0.5, 0.6) is 0 Å². The summed E-state index contributed by atoms with van der Waals surface area (Å²) in [7, 11) is 0. The van der Waals surface area contributed by atoms with E-state index in [1.165, 1.54) is 27.5 Å². The van der Waals surface area contributed by atoms with Gasteiger partial charge in [0.1, 0.15) is 0 Å². The Balaban J connectivity index is 2.00. The molecule has 0 atom stereocenters. The number of benzene rings is 3. The van der Waals surface area contributed by atoms with Crippen LogP contribution in [0, 0.1) is 0 Å². The average molecular weight is 320 g/mol. The monoisotopic (exact) mass is 320 g/mol. The van der Waals surface area contributed by atoms with Gasteiger partial charge in [-0.1, -0.05) is 84.9 Å². The third-order valence-electron chi connectivity index (χ3n) is 4.67. The molecule has 0 aliphatic rings.